The molecular formula is C23H34N2O3. The highest BCUT2D eigenvalue weighted by Gasteiger charge is 2.43. The second-order valence-electron chi connectivity index (χ2n) is 9.74. The van der Waals surface area contributed by atoms with Gasteiger partial charge in [0.25, 0.3) is 0 Å². The molecule has 0 radical (unpaired) electrons. The molecule has 1 saturated carbocycles. The normalized spacial score (nSPS) is 24.9. The van der Waals surface area contributed by atoms with Crippen LogP contribution >= 0.6 is 0 Å². The molecule has 0 bridgehead atoms. The van der Waals surface area contributed by atoms with Crippen molar-refractivity contribution in [3.63, 3.8) is 0 Å². The molecule has 28 heavy (non-hydrogen) atoms. The van der Waals surface area contributed by atoms with Crippen LogP contribution in [-0.2, 0) is 16.1 Å². The summed E-state index contributed by atoms with van der Waals surface area (Å²) in [7, 11) is 1.93. The van der Waals surface area contributed by atoms with Gasteiger partial charge in [0.1, 0.15) is 11.4 Å². The number of ether oxygens (including phenoxy) is 1. The molecule has 2 amide bonds. The third kappa shape index (κ3) is 4.68. The van der Waals surface area contributed by atoms with E-state index in [0.717, 1.165) is 37.0 Å². The standard InChI is InChI=1S/C23H34N2O3/c1-17(26)25-15-18-8-6-7-9-20(18)28-23(16-25)12-10-19(11-13-23)24(5)21(27)14-22(2,3)4/h6-9,19H,10-16H2,1-5H3. The van der Waals surface area contributed by atoms with Crippen molar-refractivity contribution in [3.8, 4) is 5.75 Å². The van der Waals surface area contributed by atoms with Crippen LogP contribution in [0.15, 0.2) is 24.3 Å². The zero-order chi connectivity index (χ0) is 20.5. The van der Waals surface area contributed by atoms with E-state index in [2.05, 4.69) is 20.8 Å². The average Bonchev–Trinajstić information content (AvgIpc) is 2.77. The van der Waals surface area contributed by atoms with Crippen LogP contribution in [0.25, 0.3) is 0 Å². The summed E-state index contributed by atoms with van der Waals surface area (Å²) in [6, 6.07) is 8.26. The number of hydrogen-bond acceptors (Lipinski definition) is 3. The lowest BCUT2D eigenvalue weighted by Gasteiger charge is -2.43. The fraction of sp³-hybridized carbons (Fsp3) is 0.652. The highest BCUT2D eigenvalue weighted by molar-refractivity contribution is 5.77. The van der Waals surface area contributed by atoms with Gasteiger partial charge in [0, 0.05) is 38.5 Å². The van der Waals surface area contributed by atoms with E-state index in [1.807, 2.05) is 41.1 Å². The van der Waals surface area contributed by atoms with Crippen LogP contribution in [0.1, 0.15) is 65.4 Å². The molecule has 5 heteroatoms. The van der Waals surface area contributed by atoms with Crippen molar-refractivity contribution in [1.82, 2.24) is 9.80 Å². The van der Waals surface area contributed by atoms with Crippen LogP contribution in [0.3, 0.4) is 0 Å². The first-order valence-corrected chi connectivity index (χ1v) is 10.4. The van der Waals surface area contributed by atoms with Crippen molar-refractivity contribution in [2.75, 3.05) is 13.6 Å². The van der Waals surface area contributed by atoms with Gasteiger partial charge in [-0.25, -0.2) is 0 Å². The molecule has 1 aromatic rings. The summed E-state index contributed by atoms with van der Waals surface area (Å²) in [5.74, 6) is 1.19. The second kappa shape index (κ2) is 7.76. The quantitative estimate of drug-likeness (QED) is 0.772. The Morgan fingerprint density at radius 2 is 1.86 bits per heavy atom. The monoisotopic (exact) mass is 386 g/mol. The van der Waals surface area contributed by atoms with E-state index in [9.17, 15) is 9.59 Å². The van der Waals surface area contributed by atoms with E-state index in [1.54, 1.807) is 6.92 Å². The van der Waals surface area contributed by atoms with Gasteiger partial charge >= 0.3 is 0 Å². The molecule has 0 atom stereocenters. The molecule has 1 aliphatic carbocycles. The van der Waals surface area contributed by atoms with Gasteiger partial charge in [0.2, 0.25) is 11.8 Å². The van der Waals surface area contributed by atoms with Crippen LogP contribution < -0.4 is 4.74 Å². The molecule has 0 aromatic heterocycles. The zero-order valence-electron chi connectivity index (χ0n) is 18.0. The van der Waals surface area contributed by atoms with Crippen LogP contribution in [0, 0.1) is 5.41 Å². The Labute approximate surface area is 169 Å². The zero-order valence-corrected chi connectivity index (χ0v) is 18.0. The van der Waals surface area contributed by atoms with Gasteiger partial charge < -0.3 is 14.5 Å². The number of rotatable bonds is 2. The number of para-hydroxylation sites is 1. The minimum absolute atomic E-state index is 0.00265. The lowest BCUT2D eigenvalue weighted by atomic mass is 9.80. The largest absolute Gasteiger partial charge is 0.485 e. The van der Waals surface area contributed by atoms with Gasteiger partial charge in [-0.1, -0.05) is 39.0 Å². The molecule has 0 N–H and O–H groups in total. The van der Waals surface area contributed by atoms with Crippen LogP contribution in [0.5, 0.6) is 5.75 Å². The molecular weight excluding hydrogens is 352 g/mol. The molecule has 1 fully saturated rings. The summed E-state index contributed by atoms with van der Waals surface area (Å²) in [5.41, 5.74) is 0.703. The van der Waals surface area contributed by atoms with Gasteiger partial charge in [-0.05, 0) is 37.2 Å². The lowest BCUT2D eigenvalue weighted by molar-refractivity contribution is -0.136. The third-order valence-corrected chi connectivity index (χ3v) is 6.07. The Morgan fingerprint density at radius 3 is 2.46 bits per heavy atom. The SMILES string of the molecule is CC(=O)N1Cc2ccccc2OC2(CCC(N(C)C(=O)CC(C)(C)C)CC2)C1. The summed E-state index contributed by atoms with van der Waals surface area (Å²) in [4.78, 5) is 28.7. The van der Waals surface area contributed by atoms with Crippen molar-refractivity contribution >= 4 is 11.8 Å². The number of carbonyl (C=O) groups excluding carboxylic acids is 2. The van der Waals surface area contributed by atoms with E-state index in [1.165, 1.54) is 0 Å². The fourth-order valence-corrected chi connectivity index (χ4v) is 4.39. The Morgan fingerprint density at radius 1 is 1.21 bits per heavy atom. The lowest BCUT2D eigenvalue weighted by Crippen LogP contribution is -2.52. The number of fused-ring (bicyclic) bond motifs is 1. The highest BCUT2D eigenvalue weighted by Crippen LogP contribution is 2.39. The third-order valence-electron chi connectivity index (χ3n) is 6.07. The molecule has 1 aromatic carbocycles. The summed E-state index contributed by atoms with van der Waals surface area (Å²) >= 11 is 0. The van der Waals surface area contributed by atoms with Gasteiger partial charge in [-0.15, -0.1) is 0 Å². The number of amides is 2. The van der Waals surface area contributed by atoms with Gasteiger partial charge in [-0.3, -0.25) is 9.59 Å². The first kappa shape index (κ1) is 20.7. The van der Waals surface area contributed by atoms with E-state index in [-0.39, 0.29) is 28.9 Å². The smallest absolute Gasteiger partial charge is 0.223 e. The second-order valence-corrected chi connectivity index (χ2v) is 9.74. The molecule has 0 unspecified atom stereocenters. The molecule has 1 aliphatic heterocycles. The Kier molecular flexibility index (Phi) is 5.74. The molecule has 0 saturated heterocycles. The van der Waals surface area contributed by atoms with Gasteiger partial charge in [-0.2, -0.15) is 0 Å². The molecule has 2 aliphatic rings. The highest BCUT2D eigenvalue weighted by atomic mass is 16.5. The van der Waals surface area contributed by atoms with Crippen molar-refractivity contribution in [2.45, 2.75) is 78.0 Å². The summed E-state index contributed by atoms with van der Waals surface area (Å²) < 4.78 is 6.54. The van der Waals surface area contributed by atoms with Gasteiger partial charge in [0.15, 0.2) is 0 Å². The molecule has 5 nitrogen and oxygen atoms in total. The summed E-state index contributed by atoms with van der Waals surface area (Å²) in [6.45, 7) is 9.14. The Balaban J connectivity index is 1.72. The van der Waals surface area contributed by atoms with Crippen LogP contribution in [0.4, 0.5) is 0 Å². The Hall–Kier alpha value is -2.04. The first-order chi connectivity index (χ1) is 13.1. The van der Waals surface area contributed by atoms with Crippen LogP contribution in [0.2, 0.25) is 0 Å². The number of benzene rings is 1. The van der Waals surface area contributed by atoms with Crippen molar-refractivity contribution in [1.29, 1.82) is 0 Å². The molecule has 3 rings (SSSR count). The van der Waals surface area contributed by atoms with Crippen molar-refractivity contribution in [3.05, 3.63) is 29.8 Å². The molecule has 1 heterocycles. The Bertz CT molecular complexity index is 730. The predicted molar refractivity (Wildman–Crippen MR) is 110 cm³/mol. The number of hydrogen-bond donors (Lipinski definition) is 0. The predicted octanol–water partition coefficient (Wildman–Crippen LogP) is 4.00. The van der Waals surface area contributed by atoms with Gasteiger partial charge in [0.05, 0.1) is 6.54 Å². The van der Waals surface area contributed by atoms with E-state index < -0.39 is 0 Å². The molecule has 1 spiro atoms. The summed E-state index contributed by atoms with van der Waals surface area (Å²) in [6.07, 6.45) is 4.07. The first-order valence-electron chi connectivity index (χ1n) is 10.4. The van der Waals surface area contributed by atoms with Crippen molar-refractivity contribution in [2.24, 2.45) is 5.41 Å². The van der Waals surface area contributed by atoms with E-state index in [0.29, 0.717) is 19.5 Å². The summed E-state index contributed by atoms with van der Waals surface area (Å²) in [5, 5.41) is 0. The molecule has 154 valence electrons. The average molecular weight is 387 g/mol. The fourth-order valence-electron chi connectivity index (χ4n) is 4.39. The van der Waals surface area contributed by atoms with E-state index >= 15 is 0 Å². The van der Waals surface area contributed by atoms with E-state index in [4.69, 9.17) is 4.74 Å². The number of nitrogens with zero attached hydrogens (tertiary/aromatic N) is 2. The topological polar surface area (TPSA) is 49.9 Å². The maximum atomic E-state index is 12.6. The minimum Gasteiger partial charge on any atom is -0.485 e. The maximum absolute atomic E-state index is 12.6. The number of carbonyl (C=O) groups is 2. The minimum atomic E-state index is -0.358. The maximum Gasteiger partial charge on any atom is 0.223 e. The van der Waals surface area contributed by atoms with Crippen LogP contribution in [-0.4, -0.2) is 46.8 Å². The van der Waals surface area contributed by atoms with Crippen molar-refractivity contribution < 1.29 is 14.3 Å².